The number of hydrogen-bond acceptors (Lipinski definition) is 5. The zero-order chi connectivity index (χ0) is 14.2. The van der Waals surface area contributed by atoms with E-state index in [1.165, 1.54) is 7.11 Å². The zero-order valence-corrected chi connectivity index (χ0v) is 10.6. The second-order valence-electron chi connectivity index (χ2n) is 4.98. The molecule has 104 valence electrons. The molecule has 1 saturated carbocycles. The minimum atomic E-state index is -1.23. The second-order valence-corrected chi connectivity index (χ2v) is 4.98. The fraction of sp³-hybridized carbons (Fsp3) is 0.615. The highest BCUT2D eigenvalue weighted by Crippen LogP contribution is 2.43. The summed E-state index contributed by atoms with van der Waals surface area (Å²) in [4.78, 5) is 34.4. The number of rotatable bonds is 4. The maximum absolute atomic E-state index is 11.8. The Labute approximate surface area is 110 Å². The number of carboxylic acids is 1. The van der Waals surface area contributed by atoms with E-state index in [-0.39, 0.29) is 23.4 Å². The van der Waals surface area contributed by atoms with Crippen LogP contribution in [0.1, 0.15) is 19.3 Å². The van der Waals surface area contributed by atoms with Gasteiger partial charge in [0.25, 0.3) is 0 Å². The topological polar surface area (TPSA) is 89.9 Å². The van der Waals surface area contributed by atoms with Crippen molar-refractivity contribution >= 4 is 17.9 Å². The molecule has 1 heterocycles. The van der Waals surface area contributed by atoms with Crippen molar-refractivity contribution in [1.29, 1.82) is 0 Å². The fourth-order valence-corrected chi connectivity index (χ4v) is 2.96. The van der Waals surface area contributed by atoms with Crippen molar-refractivity contribution in [3.63, 3.8) is 0 Å². The first-order valence-electron chi connectivity index (χ1n) is 6.16. The first-order valence-corrected chi connectivity index (χ1v) is 6.16. The minimum Gasteiger partial charge on any atom is -0.478 e. The van der Waals surface area contributed by atoms with Gasteiger partial charge in [-0.25, -0.2) is 4.79 Å². The van der Waals surface area contributed by atoms with E-state index in [1.807, 2.05) is 0 Å². The lowest BCUT2D eigenvalue weighted by atomic mass is 9.73. The largest absolute Gasteiger partial charge is 0.478 e. The third kappa shape index (κ3) is 2.34. The normalized spacial score (nSPS) is 30.4. The van der Waals surface area contributed by atoms with Crippen molar-refractivity contribution < 1.29 is 29.0 Å². The lowest BCUT2D eigenvalue weighted by Gasteiger charge is -2.31. The number of carbonyl (C=O) groups excluding carboxylic acids is 2. The van der Waals surface area contributed by atoms with Crippen LogP contribution >= 0.6 is 0 Å². The van der Waals surface area contributed by atoms with E-state index in [4.69, 9.17) is 9.84 Å². The van der Waals surface area contributed by atoms with Crippen LogP contribution in [0.5, 0.6) is 0 Å². The Kier molecular flexibility index (Phi) is 3.59. The van der Waals surface area contributed by atoms with Crippen LogP contribution in [-0.2, 0) is 23.9 Å². The number of hydrogen-bond donors (Lipinski definition) is 1. The van der Waals surface area contributed by atoms with Crippen LogP contribution in [0.2, 0.25) is 0 Å². The molecule has 0 spiro atoms. The average Bonchev–Trinajstić information content (AvgIpc) is 2.67. The number of carboxylic acid groups (broad SMARTS) is 1. The first kappa shape index (κ1) is 13.6. The minimum absolute atomic E-state index is 0.113. The Balaban J connectivity index is 2.24. The highest BCUT2D eigenvalue weighted by Gasteiger charge is 2.49. The third-order valence-electron chi connectivity index (χ3n) is 3.98. The number of aliphatic carboxylic acids is 1. The van der Waals surface area contributed by atoms with Crippen molar-refractivity contribution in [3.05, 3.63) is 12.2 Å². The third-order valence-corrected chi connectivity index (χ3v) is 3.98. The van der Waals surface area contributed by atoms with Gasteiger partial charge in [0, 0.05) is 11.5 Å². The molecule has 2 aliphatic rings. The lowest BCUT2D eigenvalue weighted by Crippen LogP contribution is -2.38. The van der Waals surface area contributed by atoms with Gasteiger partial charge in [0.05, 0.1) is 18.9 Å². The van der Waals surface area contributed by atoms with Crippen molar-refractivity contribution in [1.82, 2.24) is 0 Å². The Morgan fingerprint density at radius 3 is 2.74 bits per heavy atom. The van der Waals surface area contributed by atoms with Crippen molar-refractivity contribution in [2.24, 2.45) is 17.8 Å². The zero-order valence-electron chi connectivity index (χ0n) is 10.6. The summed E-state index contributed by atoms with van der Waals surface area (Å²) in [6.07, 6.45) is 1.31. The maximum Gasteiger partial charge on any atom is 0.331 e. The standard InChI is InChI=1S/C13H16O6/c1-6(11(14)15)10(13(17)18-2)8-4-3-7-5-9(8)19-12(7)16/h7-10H,1,3-5H2,2H3,(H,14,15). The van der Waals surface area contributed by atoms with E-state index in [0.29, 0.717) is 19.3 Å². The SMILES string of the molecule is C=C(C(=O)O)C(C(=O)OC)C1CCC2CC1OC2=O. The fourth-order valence-electron chi connectivity index (χ4n) is 2.96. The van der Waals surface area contributed by atoms with Gasteiger partial charge in [-0.1, -0.05) is 6.58 Å². The van der Waals surface area contributed by atoms with Gasteiger partial charge in [0.2, 0.25) is 0 Å². The van der Waals surface area contributed by atoms with Crippen molar-refractivity contribution in [2.75, 3.05) is 7.11 Å². The van der Waals surface area contributed by atoms with Crippen molar-refractivity contribution in [3.8, 4) is 0 Å². The molecule has 6 heteroatoms. The van der Waals surface area contributed by atoms with E-state index in [2.05, 4.69) is 11.3 Å². The number of carbonyl (C=O) groups is 3. The molecular weight excluding hydrogens is 252 g/mol. The quantitative estimate of drug-likeness (QED) is 0.598. The lowest BCUT2D eigenvalue weighted by molar-refractivity contribution is -0.153. The maximum atomic E-state index is 11.8. The van der Waals surface area contributed by atoms with Crippen molar-refractivity contribution in [2.45, 2.75) is 25.4 Å². The highest BCUT2D eigenvalue weighted by atomic mass is 16.6. The molecule has 4 atom stereocenters. The Morgan fingerprint density at radius 2 is 2.16 bits per heavy atom. The first-order chi connectivity index (χ1) is 8.95. The van der Waals surface area contributed by atoms with Crippen LogP contribution in [0, 0.1) is 17.8 Å². The number of fused-ring (bicyclic) bond motifs is 2. The van der Waals surface area contributed by atoms with Crippen LogP contribution in [0.3, 0.4) is 0 Å². The Bertz CT molecular complexity index is 440. The molecule has 0 amide bonds. The summed E-state index contributed by atoms with van der Waals surface area (Å²) in [6.45, 7) is 3.46. The molecule has 1 N–H and O–H groups in total. The summed E-state index contributed by atoms with van der Waals surface area (Å²) in [7, 11) is 1.21. The average molecular weight is 268 g/mol. The van der Waals surface area contributed by atoms with Gasteiger partial charge < -0.3 is 14.6 Å². The smallest absolute Gasteiger partial charge is 0.331 e. The molecule has 0 aromatic rings. The van der Waals surface area contributed by atoms with Crippen LogP contribution in [0.4, 0.5) is 0 Å². The molecule has 1 saturated heterocycles. The molecule has 6 nitrogen and oxygen atoms in total. The molecular formula is C13H16O6. The molecule has 0 radical (unpaired) electrons. The summed E-state index contributed by atoms with van der Waals surface area (Å²) < 4.78 is 9.89. The van der Waals surface area contributed by atoms with Gasteiger partial charge in [-0.15, -0.1) is 0 Å². The van der Waals surface area contributed by atoms with Gasteiger partial charge in [0.15, 0.2) is 0 Å². The molecule has 2 fully saturated rings. The van der Waals surface area contributed by atoms with E-state index in [9.17, 15) is 14.4 Å². The predicted octanol–water partition coefficient (Wildman–Crippen LogP) is 0.758. The van der Waals surface area contributed by atoms with E-state index in [0.717, 1.165) is 0 Å². The van der Waals surface area contributed by atoms with Gasteiger partial charge >= 0.3 is 17.9 Å². The molecule has 0 aromatic heterocycles. The molecule has 1 aliphatic carbocycles. The molecule has 2 bridgehead atoms. The van der Waals surface area contributed by atoms with E-state index in [1.54, 1.807) is 0 Å². The van der Waals surface area contributed by atoms with Gasteiger partial charge in [-0.3, -0.25) is 9.59 Å². The predicted molar refractivity (Wildman–Crippen MR) is 63.0 cm³/mol. The van der Waals surface area contributed by atoms with Gasteiger partial charge in [-0.05, 0) is 19.3 Å². The van der Waals surface area contributed by atoms with Crippen LogP contribution in [0.25, 0.3) is 0 Å². The number of ether oxygens (including phenoxy) is 2. The van der Waals surface area contributed by atoms with Crippen LogP contribution in [-0.4, -0.2) is 36.2 Å². The molecule has 4 unspecified atom stereocenters. The second kappa shape index (κ2) is 5.03. The summed E-state index contributed by atoms with van der Waals surface area (Å²) >= 11 is 0. The molecule has 2 rings (SSSR count). The molecule has 0 aromatic carbocycles. The number of methoxy groups -OCH3 is 1. The Morgan fingerprint density at radius 1 is 1.47 bits per heavy atom. The monoisotopic (exact) mass is 268 g/mol. The summed E-state index contributed by atoms with van der Waals surface area (Å²) in [6, 6.07) is 0. The summed E-state index contributed by atoms with van der Waals surface area (Å²) in [5.41, 5.74) is -0.210. The summed E-state index contributed by atoms with van der Waals surface area (Å²) in [5.74, 6) is -3.56. The van der Waals surface area contributed by atoms with E-state index >= 15 is 0 Å². The van der Waals surface area contributed by atoms with Gasteiger partial charge in [0.1, 0.15) is 6.10 Å². The van der Waals surface area contributed by atoms with E-state index < -0.39 is 24.0 Å². The summed E-state index contributed by atoms with van der Waals surface area (Å²) in [5, 5.41) is 9.03. The highest BCUT2D eigenvalue weighted by molar-refractivity contribution is 5.94. The number of esters is 2. The van der Waals surface area contributed by atoms with Crippen LogP contribution < -0.4 is 0 Å². The Hall–Kier alpha value is -1.85. The molecule has 19 heavy (non-hydrogen) atoms. The van der Waals surface area contributed by atoms with Gasteiger partial charge in [-0.2, -0.15) is 0 Å². The molecule has 1 aliphatic heterocycles. The van der Waals surface area contributed by atoms with Crippen LogP contribution in [0.15, 0.2) is 12.2 Å².